The van der Waals surface area contributed by atoms with Gasteiger partial charge in [0.2, 0.25) is 0 Å². The number of anilines is 4. The fourth-order valence-electron chi connectivity index (χ4n) is 8.93. The fourth-order valence-corrected chi connectivity index (χ4v) is 8.93. The summed E-state index contributed by atoms with van der Waals surface area (Å²) in [6.45, 7) is 27.6. The van der Waals surface area contributed by atoms with Gasteiger partial charge in [0, 0.05) is 72.5 Å². The van der Waals surface area contributed by atoms with Crippen molar-refractivity contribution in [2.75, 3.05) is 9.80 Å². The van der Waals surface area contributed by atoms with E-state index < -0.39 is 65.8 Å². The van der Waals surface area contributed by atoms with Gasteiger partial charge in [-0.25, -0.2) is 4.98 Å². The molecule has 0 amide bonds. The third-order valence-corrected chi connectivity index (χ3v) is 12.9. The second kappa shape index (κ2) is 18.1. The Morgan fingerprint density at radius 1 is 0.529 bits per heavy atom. The van der Waals surface area contributed by atoms with Crippen LogP contribution >= 0.6 is 0 Å². The molecular weight excluding hydrogens is 1040 g/mol. The van der Waals surface area contributed by atoms with Crippen molar-refractivity contribution in [2.24, 2.45) is 0 Å². The normalized spacial score (nSPS) is 15.2. The number of fused-ring (bicyclic) bond motifs is 4. The van der Waals surface area contributed by atoms with Crippen LogP contribution in [0.3, 0.4) is 0 Å². The number of hydrogen-bond acceptors (Lipinski definition) is 4. The first kappa shape index (κ1) is 37.4. The van der Waals surface area contributed by atoms with E-state index in [1.165, 1.54) is 5.56 Å². The zero-order chi connectivity index (χ0) is 57.3. The van der Waals surface area contributed by atoms with Gasteiger partial charge in [-0.05, 0) is 85.2 Å². The number of nitrogens with zero attached hydrogens (tertiary/aromatic N) is 4. The van der Waals surface area contributed by atoms with Crippen LogP contribution in [0.1, 0.15) is 119 Å². The molecule has 2 aromatic heterocycles. The molecule has 358 valence electrons. The summed E-state index contributed by atoms with van der Waals surface area (Å²) in [4.78, 5) is 8.69. The number of rotatable bonds is 7. The summed E-state index contributed by atoms with van der Waals surface area (Å²) in [6, 6.07) is 31.9. The average Bonchev–Trinajstić information content (AvgIpc) is 4.01. The largest absolute Gasteiger partial charge is 0.509 e. The SMILES string of the molecule is [2H]c1c([2H])c([2H])c(-c2cccc(-c3c([2H])c([2H])c([2H])c([2H])c3[2H])c2N2[CH-]N(c3[c-]c(Oc4[c-]c5c(cc4)c4cc(C(C)(C)C)ccc4n5-c4cc(C(C)(C)C)ccn4)cc(C(C)(C)C)c3)c3ccc(C(C)(C)C)cc32)c([2H])c1[2H].[Pt]. The molecule has 0 spiro atoms. The Morgan fingerprint density at radius 2 is 1.11 bits per heavy atom. The van der Waals surface area contributed by atoms with Crippen molar-refractivity contribution < 1.29 is 39.5 Å². The van der Waals surface area contributed by atoms with Gasteiger partial charge in [-0.1, -0.05) is 185 Å². The Kier molecular flexibility index (Phi) is 9.66. The van der Waals surface area contributed by atoms with E-state index in [2.05, 4.69) is 136 Å². The van der Waals surface area contributed by atoms with E-state index in [0.29, 0.717) is 28.6 Å². The zero-order valence-corrected chi connectivity index (χ0v) is 44.1. The number of para-hydroxylation sites is 1. The van der Waals surface area contributed by atoms with Crippen LogP contribution in [0.2, 0.25) is 0 Å². The predicted molar refractivity (Wildman–Crippen MR) is 290 cm³/mol. The maximum absolute atomic E-state index is 9.22. The molecule has 0 bridgehead atoms. The van der Waals surface area contributed by atoms with Crippen LogP contribution in [-0.4, -0.2) is 9.55 Å². The Balaban J connectivity index is 0.00000774. The molecule has 0 fully saturated rings. The quantitative estimate of drug-likeness (QED) is 0.149. The van der Waals surface area contributed by atoms with E-state index in [-0.39, 0.29) is 65.3 Å². The van der Waals surface area contributed by atoms with Gasteiger partial charge in [0.1, 0.15) is 5.82 Å². The summed E-state index contributed by atoms with van der Waals surface area (Å²) in [5.41, 5.74) is 7.24. The van der Waals surface area contributed by atoms with E-state index in [9.17, 15) is 5.48 Å². The molecule has 0 unspecified atom stereocenters. The standard InChI is InChI=1S/C64H63N4O.Pt/c1-61(2,3)44-26-30-55-54(36-44)53-29-28-49(40-57(53)68(55)59-38-46(32-33-65-59)63(7,8)9)69-50-35-47(64(10,11)12)34-48(39-50)66-41-67(58-37-45(62(4,5)6)27-31-56(58)66)60-51(42-20-15-13-16-21-42)24-19-25-52(60)43-22-17-14-18-23-43;/h13-38,41H,1-12H3;/q-3;/i13D,14D,15D,16D,17D,18D,20D,21D,22D,23D;. The molecule has 0 aliphatic carbocycles. The number of ether oxygens (including phenoxy) is 1. The summed E-state index contributed by atoms with van der Waals surface area (Å²) >= 11 is 0. The molecule has 0 radical (unpaired) electrons. The van der Waals surface area contributed by atoms with Crippen molar-refractivity contribution >= 4 is 44.6 Å². The van der Waals surface area contributed by atoms with E-state index in [0.717, 1.165) is 44.3 Å². The number of benzene rings is 7. The van der Waals surface area contributed by atoms with Crippen LogP contribution in [0, 0.1) is 18.8 Å². The van der Waals surface area contributed by atoms with Gasteiger partial charge in [-0.2, -0.15) is 6.07 Å². The number of aromatic nitrogens is 2. The van der Waals surface area contributed by atoms with Crippen LogP contribution in [0.15, 0.2) is 158 Å². The van der Waals surface area contributed by atoms with Gasteiger partial charge in [0.25, 0.3) is 0 Å². The second-order valence-electron chi connectivity index (χ2n) is 22.0. The number of pyridine rings is 1. The molecule has 1 aliphatic rings. The minimum atomic E-state index is -0.564. The first-order valence-corrected chi connectivity index (χ1v) is 23.5. The van der Waals surface area contributed by atoms with Gasteiger partial charge >= 0.3 is 0 Å². The Labute approximate surface area is 444 Å². The molecule has 0 saturated carbocycles. The number of hydrogen-bond donors (Lipinski definition) is 0. The van der Waals surface area contributed by atoms with E-state index in [1.807, 2.05) is 59.1 Å². The third-order valence-electron chi connectivity index (χ3n) is 12.9. The molecule has 9 aromatic rings. The first-order chi connectivity index (χ1) is 36.9. The van der Waals surface area contributed by atoms with Crippen molar-refractivity contribution in [1.29, 1.82) is 0 Å². The monoisotopic (exact) mass is 1110 g/mol. The minimum Gasteiger partial charge on any atom is -0.509 e. The Bertz CT molecular complexity index is 3850. The van der Waals surface area contributed by atoms with Crippen LogP contribution in [0.4, 0.5) is 22.7 Å². The van der Waals surface area contributed by atoms with E-state index >= 15 is 0 Å². The van der Waals surface area contributed by atoms with Crippen LogP contribution in [-0.2, 0) is 42.7 Å². The van der Waals surface area contributed by atoms with Gasteiger partial charge in [-0.3, -0.25) is 0 Å². The minimum absolute atomic E-state index is 0. The third kappa shape index (κ3) is 9.22. The molecule has 3 heterocycles. The Hall–Kier alpha value is -6.42. The molecular formula is C64H63N4OPt-3. The summed E-state index contributed by atoms with van der Waals surface area (Å²) < 4.78 is 97.9. The van der Waals surface area contributed by atoms with Crippen molar-refractivity contribution in [3.63, 3.8) is 0 Å². The topological polar surface area (TPSA) is 33.5 Å². The van der Waals surface area contributed by atoms with Crippen molar-refractivity contribution in [3.8, 4) is 39.6 Å². The Morgan fingerprint density at radius 3 is 1.73 bits per heavy atom. The predicted octanol–water partition coefficient (Wildman–Crippen LogP) is 17.5. The molecule has 6 heteroatoms. The average molecular weight is 1110 g/mol. The van der Waals surface area contributed by atoms with E-state index in [4.69, 9.17) is 17.9 Å². The molecule has 0 N–H and O–H groups in total. The molecule has 0 atom stereocenters. The van der Waals surface area contributed by atoms with Crippen LogP contribution in [0.25, 0.3) is 49.9 Å². The fraction of sp³-hybridized carbons (Fsp3) is 0.250. The molecule has 7 aromatic carbocycles. The maximum Gasteiger partial charge on any atom is 0.135 e. The molecule has 0 saturated heterocycles. The summed E-state index contributed by atoms with van der Waals surface area (Å²) in [6.07, 6.45) is 1.86. The summed E-state index contributed by atoms with van der Waals surface area (Å²) in [5.74, 6) is 1.62. The first-order valence-electron chi connectivity index (χ1n) is 28.5. The van der Waals surface area contributed by atoms with Gasteiger partial charge in [0.05, 0.1) is 13.7 Å². The van der Waals surface area contributed by atoms with Crippen molar-refractivity contribution in [3.05, 3.63) is 199 Å². The summed E-state index contributed by atoms with van der Waals surface area (Å²) in [5, 5.41) is 2.07. The maximum atomic E-state index is 9.22. The van der Waals surface area contributed by atoms with Crippen molar-refractivity contribution in [2.45, 2.75) is 105 Å². The second-order valence-corrected chi connectivity index (χ2v) is 22.0. The van der Waals surface area contributed by atoms with Gasteiger partial charge in [-0.15, -0.1) is 53.6 Å². The zero-order valence-electron chi connectivity index (χ0n) is 51.8. The van der Waals surface area contributed by atoms with Gasteiger partial charge in [0.15, 0.2) is 0 Å². The molecule has 5 nitrogen and oxygen atoms in total. The molecule has 70 heavy (non-hydrogen) atoms. The molecule has 10 rings (SSSR count). The summed E-state index contributed by atoms with van der Waals surface area (Å²) in [7, 11) is 0. The van der Waals surface area contributed by atoms with Crippen LogP contribution in [0.5, 0.6) is 11.5 Å². The van der Waals surface area contributed by atoms with Crippen molar-refractivity contribution in [1.82, 2.24) is 9.55 Å². The van der Waals surface area contributed by atoms with Crippen LogP contribution < -0.4 is 14.5 Å². The van der Waals surface area contributed by atoms with Gasteiger partial charge < -0.3 is 19.1 Å². The molecule has 1 aliphatic heterocycles. The van der Waals surface area contributed by atoms with E-state index in [1.54, 1.807) is 18.2 Å². The smallest absolute Gasteiger partial charge is 0.135 e.